The van der Waals surface area contributed by atoms with Crippen molar-refractivity contribution in [3.05, 3.63) is 42.0 Å². The summed E-state index contributed by atoms with van der Waals surface area (Å²) in [6.07, 6.45) is 0.963. The lowest BCUT2D eigenvalue weighted by Crippen LogP contribution is -2.14. The molecule has 0 heterocycles. The number of methoxy groups -OCH3 is 1. The quantitative estimate of drug-likeness (QED) is 0.905. The Morgan fingerprint density at radius 3 is 2.42 bits per heavy atom. The number of hydrogen-bond acceptors (Lipinski definition) is 2. The van der Waals surface area contributed by atoms with Gasteiger partial charge in [-0.15, -0.1) is 12.4 Å². The van der Waals surface area contributed by atoms with Crippen LogP contribution in [0.25, 0.3) is 10.8 Å². The fraction of sp³-hybridized carbons (Fsp3) is 0.375. The largest absolute Gasteiger partial charge is 0.496 e. The Morgan fingerprint density at radius 1 is 1.11 bits per heavy atom. The van der Waals surface area contributed by atoms with Gasteiger partial charge in [0, 0.05) is 11.6 Å². The third-order valence-electron chi connectivity index (χ3n) is 3.25. The minimum atomic E-state index is 0. The molecule has 2 aromatic carbocycles. The van der Waals surface area contributed by atoms with E-state index in [2.05, 4.69) is 32.0 Å². The highest BCUT2D eigenvalue weighted by atomic mass is 35.5. The number of nitrogens with two attached hydrogens (primary N) is 1. The second kappa shape index (κ2) is 6.78. The summed E-state index contributed by atoms with van der Waals surface area (Å²) in [5, 5.41) is 2.41. The molecular formula is C16H22ClNO. The average molecular weight is 280 g/mol. The molecule has 0 aliphatic carbocycles. The first-order chi connectivity index (χ1) is 8.63. The highest BCUT2D eigenvalue weighted by molar-refractivity contribution is 5.88. The van der Waals surface area contributed by atoms with E-state index in [0.29, 0.717) is 5.92 Å². The van der Waals surface area contributed by atoms with E-state index in [1.54, 1.807) is 7.11 Å². The van der Waals surface area contributed by atoms with Crippen molar-refractivity contribution in [2.45, 2.75) is 26.3 Å². The van der Waals surface area contributed by atoms with Gasteiger partial charge < -0.3 is 10.5 Å². The Morgan fingerprint density at radius 2 is 1.79 bits per heavy atom. The molecule has 104 valence electrons. The molecule has 0 saturated heterocycles. The van der Waals surface area contributed by atoms with Crippen molar-refractivity contribution >= 4 is 23.2 Å². The second-order valence-corrected chi connectivity index (χ2v) is 5.14. The summed E-state index contributed by atoms with van der Waals surface area (Å²) in [6, 6.07) is 12.4. The molecule has 0 amide bonds. The van der Waals surface area contributed by atoms with Crippen LogP contribution >= 0.6 is 12.4 Å². The van der Waals surface area contributed by atoms with Gasteiger partial charge in [-0.25, -0.2) is 0 Å². The third kappa shape index (κ3) is 3.40. The van der Waals surface area contributed by atoms with Crippen LogP contribution in [0, 0.1) is 5.92 Å². The molecule has 0 radical (unpaired) electrons. The summed E-state index contributed by atoms with van der Waals surface area (Å²) in [7, 11) is 1.70. The van der Waals surface area contributed by atoms with Crippen LogP contribution in [0.3, 0.4) is 0 Å². The molecule has 2 rings (SSSR count). The molecule has 0 unspecified atom stereocenters. The molecule has 0 aliphatic rings. The van der Waals surface area contributed by atoms with Crippen molar-refractivity contribution < 1.29 is 4.74 Å². The fourth-order valence-electron chi connectivity index (χ4n) is 2.46. The van der Waals surface area contributed by atoms with Crippen LogP contribution in [0.1, 0.15) is 31.9 Å². The number of rotatable bonds is 4. The topological polar surface area (TPSA) is 35.2 Å². The summed E-state index contributed by atoms with van der Waals surface area (Å²) in [5.41, 5.74) is 7.49. The van der Waals surface area contributed by atoms with Gasteiger partial charge in [0.25, 0.3) is 0 Å². The molecule has 0 fully saturated rings. The number of fused-ring (bicyclic) bond motifs is 1. The SMILES string of the molecule is COc1ccc2ccccc2c1[C@H](N)CC(C)C.Cl. The summed E-state index contributed by atoms with van der Waals surface area (Å²) < 4.78 is 5.48. The molecule has 2 nitrogen and oxygen atoms in total. The Labute approximate surface area is 121 Å². The van der Waals surface area contributed by atoms with E-state index < -0.39 is 0 Å². The lowest BCUT2D eigenvalue weighted by atomic mass is 9.92. The third-order valence-corrected chi connectivity index (χ3v) is 3.25. The van der Waals surface area contributed by atoms with E-state index in [4.69, 9.17) is 10.5 Å². The zero-order chi connectivity index (χ0) is 13.1. The van der Waals surface area contributed by atoms with Gasteiger partial charge in [-0.05, 0) is 29.2 Å². The predicted octanol–water partition coefficient (Wildman–Crippen LogP) is 4.32. The van der Waals surface area contributed by atoms with Crippen molar-refractivity contribution in [3.8, 4) is 5.75 Å². The fourth-order valence-corrected chi connectivity index (χ4v) is 2.46. The maximum atomic E-state index is 6.36. The molecule has 0 aromatic heterocycles. The first-order valence-electron chi connectivity index (χ1n) is 6.44. The van der Waals surface area contributed by atoms with Gasteiger partial charge in [0.2, 0.25) is 0 Å². The van der Waals surface area contributed by atoms with Crippen LogP contribution in [-0.2, 0) is 0 Å². The van der Waals surface area contributed by atoms with Gasteiger partial charge in [0.05, 0.1) is 7.11 Å². The maximum absolute atomic E-state index is 6.36. The highest BCUT2D eigenvalue weighted by Crippen LogP contribution is 2.34. The standard InChI is InChI=1S/C16H21NO.ClH/c1-11(2)10-14(17)16-13-7-5-4-6-12(13)8-9-15(16)18-3;/h4-9,11,14H,10,17H2,1-3H3;1H/t14-;/m1./s1. The number of ether oxygens (including phenoxy) is 1. The molecular weight excluding hydrogens is 258 g/mol. The van der Waals surface area contributed by atoms with Gasteiger partial charge in [-0.2, -0.15) is 0 Å². The van der Waals surface area contributed by atoms with Gasteiger partial charge in [0.1, 0.15) is 5.75 Å². The van der Waals surface area contributed by atoms with E-state index in [1.807, 2.05) is 18.2 Å². The highest BCUT2D eigenvalue weighted by Gasteiger charge is 2.16. The lowest BCUT2D eigenvalue weighted by Gasteiger charge is -2.19. The molecule has 0 aliphatic heterocycles. The van der Waals surface area contributed by atoms with Gasteiger partial charge >= 0.3 is 0 Å². The van der Waals surface area contributed by atoms with E-state index >= 15 is 0 Å². The first kappa shape index (κ1) is 15.8. The van der Waals surface area contributed by atoms with Gasteiger partial charge in [-0.3, -0.25) is 0 Å². The number of hydrogen-bond donors (Lipinski definition) is 1. The predicted molar refractivity (Wildman–Crippen MR) is 84.1 cm³/mol. The Balaban J connectivity index is 0.00000180. The summed E-state index contributed by atoms with van der Waals surface area (Å²) in [6.45, 7) is 4.38. The smallest absolute Gasteiger partial charge is 0.124 e. The molecule has 3 heteroatoms. The van der Waals surface area contributed by atoms with E-state index in [0.717, 1.165) is 17.7 Å². The number of halogens is 1. The Bertz CT molecular complexity index is 539. The zero-order valence-corrected chi connectivity index (χ0v) is 12.5. The monoisotopic (exact) mass is 279 g/mol. The minimum Gasteiger partial charge on any atom is -0.496 e. The maximum Gasteiger partial charge on any atom is 0.124 e. The van der Waals surface area contributed by atoms with Crippen molar-refractivity contribution in [2.75, 3.05) is 7.11 Å². The van der Waals surface area contributed by atoms with E-state index in [9.17, 15) is 0 Å². The van der Waals surface area contributed by atoms with Gasteiger partial charge in [0.15, 0.2) is 0 Å². The van der Waals surface area contributed by atoms with Gasteiger partial charge in [-0.1, -0.05) is 44.2 Å². The Hall–Kier alpha value is -1.25. The molecule has 0 bridgehead atoms. The number of benzene rings is 2. The molecule has 0 spiro atoms. The average Bonchev–Trinajstić information content (AvgIpc) is 2.36. The van der Waals surface area contributed by atoms with Crippen molar-refractivity contribution in [1.29, 1.82) is 0 Å². The van der Waals surface area contributed by atoms with E-state index in [1.165, 1.54) is 10.8 Å². The van der Waals surface area contributed by atoms with Crippen LogP contribution in [0.2, 0.25) is 0 Å². The summed E-state index contributed by atoms with van der Waals surface area (Å²) >= 11 is 0. The summed E-state index contributed by atoms with van der Waals surface area (Å²) in [4.78, 5) is 0. The normalized spacial score (nSPS) is 12.3. The minimum absolute atomic E-state index is 0. The van der Waals surface area contributed by atoms with Crippen LogP contribution in [0.15, 0.2) is 36.4 Å². The van der Waals surface area contributed by atoms with Crippen molar-refractivity contribution in [1.82, 2.24) is 0 Å². The van der Waals surface area contributed by atoms with Crippen molar-refractivity contribution in [3.63, 3.8) is 0 Å². The second-order valence-electron chi connectivity index (χ2n) is 5.14. The van der Waals surface area contributed by atoms with Crippen LogP contribution in [0.5, 0.6) is 5.75 Å². The van der Waals surface area contributed by atoms with E-state index in [-0.39, 0.29) is 18.4 Å². The molecule has 2 aromatic rings. The van der Waals surface area contributed by atoms with Crippen molar-refractivity contribution in [2.24, 2.45) is 11.7 Å². The Kier molecular flexibility index (Phi) is 5.64. The lowest BCUT2D eigenvalue weighted by molar-refractivity contribution is 0.401. The first-order valence-corrected chi connectivity index (χ1v) is 6.44. The molecule has 19 heavy (non-hydrogen) atoms. The summed E-state index contributed by atoms with van der Waals surface area (Å²) in [5.74, 6) is 1.46. The zero-order valence-electron chi connectivity index (χ0n) is 11.7. The molecule has 0 saturated carbocycles. The molecule has 1 atom stereocenters. The van der Waals surface area contributed by atoms with Crippen LogP contribution < -0.4 is 10.5 Å². The van der Waals surface area contributed by atoms with Crippen LogP contribution in [-0.4, -0.2) is 7.11 Å². The van der Waals surface area contributed by atoms with Crippen LogP contribution in [0.4, 0.5) is 0 Å². The molecule has 2 N–H and O–H groups in total.